The average Bonchev–Trinajstić information content (AvgIpc) is 2.30. The Balaban J connectivity index is 2.57. The second-order valence-electron chi connectivity index (χ2n) is 4.12. The van der Waals surface area contributed by atoms with Crippen molar-refractivity contribution in [1.82, 2.24) is 0 Å². The van der Waals surface area contributed by atoms with E-state index in [1.165, 1.54) is 5.56 Å². The predicted molar refractivity (Wildman–Crippen MR) is 67.7 cm³/mol. The monoisotopic (exact) mass is 219 g/mol. The summed E-state index contributed by atoms with van der Waals surface area (Å²) in [6.07, 6.45) is 4.61. The minimum atomic E-state index is 0.242. The summed E-state index contributed by atoms with van der Waals surface area (Å²) in [6.45, 7) is 2.82. The zero-order valence-electron chi connectivity index (χ0n) is 10.0. The normalized spacial score (nSPS) is 10.4. The van der Waals surface area contributed by atoms with Crippen molar-refractivity contribution in [2.24, 2.45) is 5.73 Å². The van der Waals surface area contributed by atoms with Crippen LogP contribution in [0.5, 0.6) is 0 Å². The van der Waals surface area contributed by atoms with Gasteiger partial charge in [-0.2, -0.15) is 0 Å². The lowest BCUT2D eigenvalue weighted by molar-refractivity contribution is 0.0979. The van der Waals surface area contributed by atoms with Crippen LogP contribution in [0.1, 0.15) is 48.5 Å². The molecule has 0 bridgehead atoms. The van der Waals surface area contributed by atoms with Gasteiger partial charge in [0, 0.05) is 12.0 Å². The van der Waals surface area contributed by atoms with Crippen LogP contribution in [0.3, 0.4) is 0 Å². The molecular weight excluding hydrogens is 198 g/mol. The molecule has 16 heavy (non-hydrogen) atoms. The Morgan fingerprint density at radius 1 is 1.31 bits per heavy atom. The summed E-state index contributed by atoms with van der Waals surface area (Å²) in [5.41, 5.74) is 7.51. The quantitative estimate of drug-likeness (QED) is 0.566. The molecule has 1 aromatic carbocycles. The van der Waals surface area contributed by atoms with Crippen molar-refractivity contribution in [3.63, 3.8) is 0 Å². The number of hydrogen-bond acceptors (Lipinski definition) is 2. The minimum absolute atomic E-state index is 0.242. The summed E-state index contributed by atoms with van der Waals surface area (Å²) in [6, 6.07) is 7.99. The van der Waals surface area contributed by atoms with Crippen LogP contribution >= 0.6 is 0 Å². The Hall–Kier alpha value is -1.15. The number of nitrogens with two attached hydrogens (primary N) is 1. The van der Waals surface area contributed by atoms with Gasteiger partial charge in [-0.3, -0.25) is 4.79 Å². The Labute approximate surface area is 97.9 Å². The van der Waals surface area contributed by atoms with Gasteiger partial charge in [0.05, 0.1) is 0 Å². The van der Waals surface area contributed by atoms with Gasteiger partial charge in [-0.15, -0.1) is 0 Å². The third kappa shape index (κ3) is 4.15. The molecule has 2 heteroatoms. The van der Waals surface area contributed by atoms with Crippen molar-refractivity contribution in [2.75, 3.05) is 6.54 Å². The van der Waals surface area contributed by atoms with Crippen molar-refractivity contribution in [2.45, 2.75) is 39.0 Å². The molecule has 0 aromatic heterocycles. The fraction of sp³-hybridized carbons (Fsp3) is 0.500. The maximum atomic E-state index is 11.8. The van der Waals surface area contributed by atoms with E-state index in [0.29, 0.717) is 13.0 Å². The van der Waals surface area contributed by atoms with E-state index in [9.17, 15) is 4.79 Å². The van der Waals surface area contributed by atoms with Crippen LogP contribution < -0.4 is 5.73 Å². The molecule has 1 rings (SSSR count). The van der Waals surface area contributed by atoms with E-state index < -0.39 is 0 Å². The highest BCUT2D eigenvalue weighted by atomic mass is 16.1. The van der Waals surface area contributed by atoms with Crippen LogP contribution in [0.15, 0.2) is 24.3 Å². The zero-order chi connectivity index (χ0) is 11.8. The number of ketones is 1. The van der Waals surface area contributed by atoms with E-state index in [1.54, 1.807) is 0 Å². The van der Waals surface area contributed by atoms with Crippen LogP contribution in [-0.2, 0) is 6.42 Å². The lowest BCUT2D eigenvalue weighted by Gasteiger charge is -2.03. The first kappa shape index (κ1) is 12.9. The number of benzene rings is 1. The number of aryl methyl sites for hydroxylation is 1. The molecule has 0 radical (unpaired) electrons. The van der Waals surface area contributed by atoms with Gasteiger partial charge in [0.1, 0.15) is 0 Å². The SMILES string of the molecule is CCCc1cccc(C(=O)CCCCN)c1. The fourth-order valence-electron chi connectivity index (χ4n) is 1.76. The molecule has 0 saturated carbocycles. The number of rotatable bonds is 7. The van der Waals surface area contributed by atoms with Crippen molar-refractivity contribution < 1.29 is 4.79 Å². The Bertz CT molecular complexity index is 333. The number of unbranched alkanes of at least 4 members (excludes halogenated alkanes) is 1. The topological polar surface area (TPSA) is 43.1 Å². The maximum absolute atomic E-state index is 11.8. The smallest absolute Gasteiger partial charge is 0.162 e. The molecule has 0 aliphatic heterocycles. The Kier molecular flexibility index (Phi) is 5.79. The van der Waals surface area contributed by atoms with Crippen molar-refractivity contribution in [1.29, 1.82) is 0 Å². The van der Waals surface area contributed by atoms with E-state index in [-0.39, 0.29) is 5.78 Å². The van der Waals surface area contributed by atoms with Gasteiger partial charge in [-0.1, -0.05) is 31.5 Å². The molecule has 0 fully saturated rings. The average molecular weight is 219 g/mol. The molecule has 2 nitrogen and oxygen atoms in total. The van der Waals surface area contributed by atoms with E-state index in [4.69, 9.17) is 5.73 Å². The van der Waals surface area contributed by atoms with Crippen LogP contribution in [-0.4, -0.2) is 12.3 Å². The van der Waals surface area contributed by atoms with E-state index in [2.05, 4.69) is 13.0 Å². The third-order valence-corrected chi connectivity index (χ3v) is 2.65. The number of hydrogen-bond donors (Lipinski definition) is 1. The van der Waals surface area contributed by atoms with Crippen molar-refractivity contribution >= 4 is 5.78 Å². The van der Waals surface area contributed by atoms with Gasteiger partial charge >= 0.3 is 0 Å². The molecule has 0 amide bonds. The number of carbonyl (C=O) groups is 1. The summed E-state index contributed by atoms with van der Waals surface area (Å²) in [7, 11) is 0. The first-order valence-electron chi connectivity index (χ1n) is 6.10. The minimum Gasteiger partial charge on any atom is -0.330 e. The van der Waals surface area contributed by atoms with E-state index in [0.717, 1.165) is 31.2 Å². The molecular formula is C14H21NO. The Morgan fingerprint density at radius 3 is 2.81 bits per heavy atom. The van der Waals surface area contributed by atoms with Crippen molar-refractivity contribution in [3.8, 4) is 0 Å². The molecule has 0 aliphatic carbocycles. The lowest BCUT2D eigenvalue weighted by atomic mass is 10.0. The van der Waals surface area contributed by atoms with Crippen LogP contribution in [0, 0.1) is 0 Å². The largest absolute Gasteiger partial charge is 0.330 e. The second kappa shape index (κ2) is 7.18. The molecule has 2 N–H and O–H groups in total. The molecule has 0 saturated heterocycles. The lowest BCUT2D eigenvalue weighted by Crippen LogP contribution is -2.03. The van der Waals surface area contributed by atoms with Gasteiger partial charge in [0.2, 0.25) is 0 Å². The molecule has 88 valence electrons. The highest BCUT2D eigenvalue weighted by molar-refractivity contribution is 5.96. The van der Waals surface area contributed by atoms with Gasteiger partial charge in [0.15, 0.2) is 5.78 Å². The van der Waals surface area contributed by atoms with Gasteiger partial charge in [-0.25, -0.2) is 0 Å². The summed E-state index contributed by atoms with van der Waals surface area (Å²) in [4.78, 5) is 11.8. The van der Waals surface area contributed by atoms with Gasteiger partial charge < -0.3 is 5.73 Å². The summed E-state index contributed by atoms with van der Waals surface area (Å²) in [5.74, 6) is 0.242. The molecule has 0 heterocycles. The number of Topliss-reactive ketones (excluding diaryl/α,β-unsaturated/α-hetero) is 1. The first-order chi connectivity index (χ1) is 7.77. The maximum Gasteiger partial charge on any atom is 0.162 e. The van der Waals surface area contributed by atoms with E-state index in [1.807, 2.05) is 18.2 Å². The standard InChI is InChI=1S/C14H21NO/c1-2-6-12-7-5-8-13(11-12)14(16)9-3-4-10-15/h5,7-8,11H,2-4,6,9-10,15H2,1H3. The molecule has 0 atom stereocenters. The molecule has 0 unspecified atom stereocenters. The predicted octanol–water partition coefficient (Wildman–Crippen LogP) is 2.95. The van der Waals surface area contributed by atoms with Crippen LogP contribution in [0.25, 0.3) is 0 Å². The van der Waals surface area contributed by atoms with Gasteiger partial charge in [0.25, 0.3) is 0 Å². The molecule has 1 aromatic rings. The van der Waals surface area contributed by atoms with E-state index >= 15 is 0 Å². The zero-order valence-corrected chi connectivity index (χ0v) is 10.0. The number of carbonyl (C=O) groups excluding carboxylic acids is 1. The van der Waals surface area contributed by atoms with Crippen LogP contribution in [0.4, 0.5) is 0 Å². The summed E-state index contributed by atoms with van der Waals surface area (Å²) < 4.78 is 0. The molecule has 0 spiro atoms. The third-order valence-electron chi connectivity index (χ3n) is 2.65. The fourth-order valence-corrected chi connectivity index (χ4v) is 1.76. The molecule has 0 aliphatic rings. The summed E-state index contributed by atoms with van der Waals surface area (Å²) >= 11 is 0. The highest BCUT2D eigenvalue weighted by Gasteiger charge is 2.05. The summed E-state index contributed by atoms with van der Waals surface area (Å²) in [5, 5.41) is 0. The Morgan fingerprint density at radius 2 is 2.12 bits per heavy atom. The first-order valence-corrected chi connectivity index (χ1v) is 6.10. The highest BCUT2D eigenvalue weighted by Crippen LogP contribution is 2.11. The second-order valence-corrected chi connectivity index (χ2v) is 4.12. The van der Waals surface area contributed by atoms with Gasteiger partial charge in [-0.05, 0) is 37.4 Å². The van der Waals surface area contributed by atoms with Crippen molar-refractivity contribution in [3.05, 3.63) is 35.4 Å². The van der Waals surface area contributed by atoms with Crippen LogP contribution in [0.2, 0.25) is 0 Å².